The van der Waals surface area contributed by atoms with Gasteiger partial charge in [-0.05, 0) is 13.5 Å². The standard InChI is InChI=1S/C6H16N3/c1-2-9(5-3-7)6-4-8/h1-8H2. The molecular weight excluding hydrogens is 114 g/mol. The molecule has 0 spiro atoms. The molecule has 0 aliphatic rings. The van der Waals surface area contributed by atoms with E-state index in [9.17, 15) is 0 Å². The highest BCUT2D eigenvalue weighted by Gasteiger charge is 1.96. The number of hydrogen-bond donors (Lipinski definition) is 2. The Morgan fingerprint density at radius 1 is 1.11 bits per heavy atom. The third-order valence-electron chi connectivity index (χ3n) is 1.21. The molecule has 0 rings (SSSR count). The second-order valence-electron chi connectivity index (χ2n) is 1.92. The lowest BCUT2D eigenvalue weighted by molar-refractivity contribution is 0.318. The van der Waals surface area contributed by atoms with Gasteiger partial charge < -0.3 is 16.4 Å². The molecule has 55 valence electrons. The molecule has 9 heavy (non-hydrogen) atoms. The van der Waals surface area contributed by atoms with E-state index >= 15 is 0 Å². The summed E-state index contributed by atoms with van der Waals surface area (Å²) in [5.41, 5.74) is 10.6. The van der Waals surface area contributed by atoms with Gasteiger partial charge in [-0.1, -0.05) is 0 Å². The minimum absolute atomic E-state index is 0.690. The smallest absolute Gasteiger partial charge is 0.0105 e. The van der Waals surface area contributed by atoms with Gasteiger partial charge >= 0.3 is 0 Å². The molecular formula is C6H16N3. The maximum atomic E-state index is 5.32. The second-order valence-corrected chi connectivity index (χ2v) is 1.92. The topological polar surface area (TPSA) is 55.3 Å². The van der Waals surface area contributed by atoms with Crippen molar-refractivity contribution in [2.75, 3.05) is 32.7 Å². The highest BCUT2D eigenvalue weighted by atomic mass is 15.1. The second kappa shape index (κ2) is 6.01. The fourth-order valence-corrected chi connectivity index (χ4v) is 0.701. The molecule has 0 saturated carbocycles. The summed E-state index contributed by atoms with van der Waals surface area (Å²) in [5.74, 6) is 0. The Kier molecular flexibility index (Phi) is 5.93. The van der Waals surface area contributed by atoms with Crippen LogP contribution >= 0.6 is 0 Å². The number of hydrogen-bond acceptors (Lipinski definition) is 3. The summed E-state index contributed by atoms with van der Waals surface area (Å²) >= 11 is 0. The van der Waals surface area contributed by atoms with Gasteiger partial charge in [0.05, 0.1) is 0 Å². The fraction of sp³-hybridized carbons (Fsp3) is 0.833. The van der Waals surface area contributed by atoms with Crippen LogP contribution in [0.4, 0.5) is 0 Å². The van der Waals surface area contributed by atoms with E-state index in [2.05, 4.69) is 11.8 Å². The number of rotatable bonds is 5. The van der Waals surface area contributed by atoms with Gasteiger partial charge in [-0.3, -0.25) is 0 Å². The quantitative estimate of drug-likeness (QED) is 0.504. The molecule has 0 unspecified atom stereocenters. The Morgan fingerprint density at radius 3 is 1.78 bits per heavy atom. The lowest BCUT2D eigenvalue weighted by Gasteiger charge is -2.17. The highest BCUT2D eigenvalue weighted by molar-refractivity contribution is 4.58. The van der Waals surface area contributed by atoms with Crippen LogP contribution in [-0.4, -0.2) is 37.6 Å². The van der Waals surface area contributed by atoms with Gasteiger partial charge in [-0.2, -0.15) is 0 Å². The SMILES string of the molecule is [CH2]CN(CCN)CCN. The van der Waals surface area contributed by atoms with E-state index in [1.54, 1.807) is 0 Å². The van der Waals surface area contributed by atoms with Crippen LogP contribution < -0.4 is 11.5 Å². The molecule has 1 radical (unpaired) electrons. The Hall–Kier alpha value is -0.120. The van der Waals surface area contributed by atoms with Crippen LogP contribution in [0.15, 0.2) is 0 Å². The van der Waals surface area contributed by atoms with E-state index in [0.717, 1.165) is 19.6 Å². The highest BCUT2D eigenvalue weighted by Crippen LogP contribution is 1.81. The first-order valence-electron chi connectivity index (χ1n) is 3.27. The lowest BCUT2D eigenvalue weighted by Crippen LogP contribution is -2.33. The fourth-order valence-electron chi connectivity index (χ4n) is 0.701. The monoisotopic (exact) mass is 130 g/mol. The predicted octanol–water partition coefficient (Wildman–Crippen LogP) is -0.960. The molecule has 0 fully saturated rings. The molecule has 0 atom stereocenters. The zero-order chi connectivity index (χ0) is 7.11. The minimum atomic E-state index is 0.690. The molecule has 0 aromatic carbocycles. The molecule has 0 amide bonds. The first-order valence-corrected chi connectivity index (χ1v) is 3.27. The van der Waals surface area contributed by atoms with Crippen LogP contribution in [0, 0.1) is 6.92 Å². The molecule has 0 aliphatic carbocycles. The molecule has 3 heteroatoms. The molecule has 0 bridgehead atoms. The molecule has 0 aromatic rings. The Balaban J connectivity index is 3.18. The zero-order valence-corrected chi connectivity index (χ0v) is 5.84. The Bertz CT molecular complexity index is 50.3. The maximum Gasteiger partial charge on any atom is 0.0105 e. The van der Waals surface area contributed by atoms with Gasteiger partial charge in [0.15, 0.2) is 0 Å². The van der Waals surface area contributed by atoms with Crippen molar-refractivity contribution in [3.63, 3.8) is 0 Å². The van der Waals surface area contributed by atoms with Crippen molar-refractivity contribution in [1.82, 2.24) is 4.90 Å². The van der Waals surface area contributed by atoms with Gasteiger partial charge in [0, 0.05) is 26.2 Å². The average molecular weight is 130 g/mol. The first kappa shape index (κ1) is 8.88. The van der Waals surface area contributed by atoms with E-state index in [4.69, 9.17) is 11.5 Å². The van der Waals surface area contributed by atoms with E-state index in [0.29, 0.717) is 13.1 Å². The van der Waals surface area contributed by atoms with E-state index < -0.39 is 0 Å². The van der Waals surface area contributed by atoms with Crippen molar-refractivity contribution >= 4 is 0 Å². The van der Waals surface area contributed by atoms with E-state index in [1.165, 1.54) is 0 Å². The molecule has 0 saturated heterocycles. The molecule has 0 aromatic heterocycles. The first-order chi connectivity index (χ1) is 4.35. The minimum Gasteiger partial charge on any atom is -0.329 e. The normalized spacial score (nSPS) is 10.7. The molecule has 4 N–H and O–H groups in total. The van der Waals surface area contributed by atoms with Crippen molar-refractivity contribution in [3.05, 3.63) is 6.92 Å². The van der Waals surface area contributed by atoms with Crippen LogP contribution in [0.2, 0.25) is 0 Å². The summed E-state index contributed by atoms with van der Waals surface area (Å²) in [6.07, 6.45) is 0. The Labute approximate surface area is 57.0 Å². The molecule has 0 aliphatic heterocycles. The Morgan fingerprint density at radius 2 is 1.56 bits per heavy atom. The van der Waals surface area contributed by atoms with Crippen LogP contribution in [0.5, 0.6) is 0 Å². The number of nitrogens with zero attached hydrogens (tertiary/aromatic N) is 1. The summed E-state index contributed by atoms with van der Waals surface area (Å²) < 4.78 is 0. The van der Waals surface area contributed by atoms with Crippen molar-refractivity contribution in [3.8, 4) is 0 Å². The van der Waals surface area contributed by atoms with Gasteiger partial charge in [-0.25, -0.2) is 0 Å². The number of nitrogens with two attached hydrogens (primary N) is 2. The van der Waals surface area contributed by atoms with Gasteiger partial charge in [-0.15, -0.1) is 0 Å². The zero-order valence-electron chi connectivity index (χ0n) is 5.84. The van der Waals surface area contributed by atoms with E-state index in [-0.39, 0.29) is 0 Å². The van der Waals surface area contributed by atoms with Gasteiger partial charge in [0.2, 0.25) is 0 Å². The summed E-state index contributed by atoms with van der Waals surface area (Å²) in [4.78, 5) is 2.12. The van der Waals surface area contributed by atoms with Crippen molar-refractivity contribution < 1.29 is 0 Å². The largest absolute Gasteiger partial charge is 0.329 e. The van der Waals surface area contributed by atoms with Crippen LogP contribution in [-0.2, 0) is 0 Å². The third-order valence-corrected chi connectivity index (χ3v) is 1.21. The van der Waals surface area contributed by atoms with Crippen molar-refractivity contribution in [1.29, 1.82) is 0 Å². The third kappa shape index (κ3) is 4.39. The summed E-state index contributed by atoms with van der Waals surface area (Å²) in [7, 11) is 0. The van der Waals surface area contributed by atoms with Gasteiger partial charge in [0.25, 0.3) is 0 Å². The summed E-state index contributed by atoms with van der Waals surface area (Å²) in [6, 6.07) is 0. The summed E-state index contributed by atoms with van der Waals surface area (Å²) in [5, 5.41) is 0. The van der Waals surface area contributed by atoms with Crippen molar-refractivity contribution in [2.24, 2.45) is 11.5 Å². The molecule has 0 heterocycles. The maximum absolute atomic E-state index is 5.32. The van der Waals surface area contributed by atoms with E-state index in [1.807, 2.05) is 0 Å². The van der Waals surface area contributed by atoms with Crippen LogP contribution in [0.25, 0.3) is 0 Å². The molecule has 3 nitrogen and oxygen atoms in total. The average Bonchev–Trinajstić information content (AvgIpc) is 1.88. The van der Waals surface area contributed by atoms with Gasteiger partial charge in [0.1, 0.15) is 0 Å². The lowest BCUT2D eigenvalue weighted by atomic mass is 10.4. The van der Waals surface area contributed by atoms with Crippen LogP contribution in [0.1, 0.15) is 0 Å². The van der Waals surface area contributed by atoms with Crippen molar-refractivity contribution in [2.45, 2.75) is 0 Å². The summed E-state index contributed by atoms with van der Waals surface area (Å²) in [6.45, 7) is 7.72. The predicted molar refractivity (Wildman–Crippen MR) is 39.9 cm³/mol. The van der Waals surface area contributed by atoms with Crippen LogP contribution in [0.3, 0.4) is 0 Å².